The fourth-order valence-corrected chi connectivity index (χ4v) is 15.3. The Bertz CT molecular complexity index is 4910. The number of allylic oxidation sites excluding steroid dienone is 2. The van der Waals surface area contributed by atoms with E-state index in [1.54, 1.807) is 196 Å². The van der Waals surface area contributed by atoms with Gasteiger partial charge in [0.2, 0.25) is 16.2 Å². The van der Waals surface area contributed by atoms with E-state index in [0.717, 1.165) is 9.80 Å². The molecule has 2 saturated heterocycles. The minimum Gasteiger partial charge on any atom is -0.459 e. The lowest BCUT2D eigenvalue weighted by Crippen LogP contribution is -2.47. The van der Waals surface area contributed by atoms with Gasteiger partial charge in [-0.05, 0) is 152 Å². The average Bonchev–Trinajstić information content (AvgIpc) is 1.51. The van der Waals surface area contributed by atoms with Crippen molar-refractivity contribution in [2.45, 2.75) is 69.7 Å². The molecule has 0 atom stereocenters. The van der Waals surface area contributed by atoms with Crippen molar-refractivity contribution in [2.75, 3.05) is 13.1 Å². The zero-order chi connectivity index (χ0) is 75.0. The van der Waals surface area contributed by atoms with Crippen molar-refractivity contribution in [1.29, 1.82) is 21.0 Å². The molecule has 0 N–H and O–H groups in total. The molecule has 526 valence electrons. The second kappa shape index (κ2) is 30.8. The Balaban J connectivity index is 1.12. The number of benzene rings is 8. The highest BCUT2D eigenvalue weighted by Crippen LogP contribution is 2.59. The van der Waals surface area contributed by atoms with Crippen molar-refractivity contribution in [1.82, 2.24) is 9.80 Å². The smallest absolute Gasteiger partial charge is 0.334 e. The summed E-state index contributed by atoms with van der Waals surface area (Å²) in [5.74, 6) is -9.29. The normalized spacial score (nSPS) is 15.8. The van der Waals surface area contributed by atoms with Crippen molar-refractivity contribution >= 4 is 93.4 Å². The van der Waals surface area contributed by atoms with E-state index in [0.29, 0.717) is 56.9 Å². The van der Waals surface area contributed by atoms with Crippen LogP contribution >= 0.6 is 23.5 Å². The quantitative estimate of drug-likeness (QED) is 0.0263. The second-order valence-corrected chi connectivity index (χ2v) is 26.5. The lowest BCUT2D eigenvalue weighted by molar-refractivity contribution is -0.166. The molecule has 2 aliphatic heterocycles. The summed E-state index contributed by atoms with van der Waals surface area (Å²) in [6.45, 7) is 0.403. The highest BCUT2D eigenvalue weighted by atomic mass is 32.2. The predicted molar refractivity (Wildman–Crippen MR) is 391 cm³/mol. The summed E-state index contributed by atoms with van der Waals surface area (Å²) < 4.78 is 37.7. The number of esters is 6. The van der Waals surface area contributed by atoms with E-state index in [4.69, 9.17) is 38.4 Å². The van der Waals surface area contributed by atoms with E-state index in [-0.39, 0.29) is 67.7 Å². The van der Waals surface area contributed by atoms with Gasteiger partial charge in [-0.25, -0.2) is 9.98 Å². The van der Waals surface area contributed by atoms with Gasteiger partial charge in [-0.15, -0.1) is 0 Å². The second-order valence-electron chi connectivity index (χ2n) is 24.6. The third kappa shape index (κ3) is 13.1. The zero-order valence-electron chi connectivity index (χ0n) is 57.1. The van der Waals surface area contributed by atoms with E-state index >= 15 is 28.8 Å². The topological polar surface area (TPSA) is 318 Å². The molecular weight excluding hydrogens is 1400 g/mol. The molecule has 2 fully saturated rings. The van der Waals surface area contributed by atoms with E-state index in [9.17, 15) is 30.6 Å². The summed E-state index contributed by atoms with van der Waals surface area (Å²) >= 11 is 1.27. The number of ether oxygens (including phenoxy) is 6. The van der Waals surface area contributed by atoms with E-state index in [1.165, 1.54) is 36.4 Å². The van der Waals surface area contributed by atoms with Crippen LogP contribution in [0.3, 0.4) is 0 Å². The number of thioether (sulfide) groups is 2. The largest absolute Gasteiger partial charge is 0.459 e. The minimum atomic E-state index is -2.89. The van der Waals surface area contributed by atoms with Crippen molar-refractivity contribution in [3.05, 3.63) is 306 Å². The van der Waals surface area contributed by atoms with Crippen molar-refractivity contribution in [3.8, 4) is 35.4 Å². The predicted octanol–water partition coefficient (Wildman–Crippen LogP) is 12.1. The molecule has 107 heavy (non-hydrogen) atoms. The molecule has 0 bridgehead atoms. The van der Waals surface area contributed by atoms with Crippen LogP contribution in [0.5, 0.6) is 0 Å². The van der Waals surface area contributed by atoms with Crippen LogP contribution in [0, 0.1) is 45.3 Å². The monoisotopic (exact) mass is 1450 g/mol. The number of rotatable bonds is 22. The maximum atomic E-state index is 16.5. The highest BCUT2D eigenvalue weighted by molar-refractivity contribution is 8.20. The fraction of sp³-hybridized carbons (Fsp3) is 0.157. The molecule has 5 aliphatic rings. The third-order valence-electron chi connectivity index (χ3n) is 18.4. The maximum absolute atomic E-state index is 16.5. The Kier molecular flexibility index (Phi) is 20.7. The Morgan fingerprint density at radius 2 is 0.607 bits per heavy atom. The Morgan fingerprint density at radius 1 is 0.364 bits per heavy atom. The van der Waals surface area contributed by atoms with Crippen LogP contribution in [0.2, 0.25) is 0 Å². The van der Waals surface area contributed by atoms with Gasteiger partial charge in [-0.3, -0.25) is 48.2 Å². The Labute approximate surface area is 621 Å². The van der Waals surface area contributed by atoms with Gasteiger partial charge in [-0.2, -0.15) is 21.0 Å². The molecule has 0 unspecified atom stereocenters. The standard InChI is InChI=1S/C83H58N8O14S2/c1-3-90-71(92)69(106-73(90)59(41-84)42-85)88-67-37-57-35-65-61(39-63(57)82(67,77(96)102-47-53-27-15-7-16-28-53)78(97)103-48-54-29-17-8-18-30-54)62-40-64-58(36-66(62)81(65,75(94)100-45-51-23-11-5-12-24-51)76(95)101-46-52-25-13-6-14-26-52)38-68(89-70-72(93)91(4-2)74(107-70)60(43-86)44-87)83(64,79(98)104-49-55-31-19-9-20-32-55)80(99)105-50-56-33-21-10-22-34-56/h5-40H,3-4,45-50H2,1-2H3/b88-69-,89-70-. The van der Waals surface area contributed by atoms with Crippen LogP contribution in [0.1, 0.15) is 80.6 Å². The van der Waals surface area contributed by atoms with E-state index in [1.807, 2.05) is 24.3 Å². The molecule has 24 heteroatoms. The first-order valence-electron chi connectivity index (χ1n) is 33.4. The minimum absolute atomic E-state index is 0.0615. The lowest BCUT2D eigenvalue weighted by atomic mass is 9.74. The van der Waals surface area contributed by atoms with Crippen LogP contribution in [0.15, 0.2) is 249 Å². The first-order chi connectivity index (χ1) is 52.1. The summed E-state index contributed by atoms with van der Waals surface area (Å²) in [5.41, 5.74) is -8.89. The van der Waals surface area contributed by atoms with Gasteiger partial charge >= 0.3 is 35.8 Å². The molecule has 8 aromatic rings. The van der Waals surface area contributed by atoms with Crippen LogP contribution in [-0.2, 0) is 123 Å². The van der Waals surface area contributed by atoms with Crippen molar-refractivity contribution in [3.63, 3.8) is 0 Å². The van der Waals surface area contributed by atoms with Crippen LogP contribution in [-0.4, -0.2) is 80.6 Å². The molecule has 3 aliphatic carbocycles. The number of aliphatic imine (C=N–C) groups is 2. The molecule has 0 spiro atoms. The Morgan fingerprint density at radius 3 is 0.841 bits per heavy atom. The van der Waals surface area contributed by atoms with Crippen molar-refractivity contribution in [2.24, 2.45) is 9.98 Å². The summed E-state index contributed by atoms with van der Waals surface area (Å²) in [4.78, 5) is 139. The van der Waals surface area contributed by atoms with Crippen LogP contribution < -0.4 is 0 Å². The molecule has 0 radical (unpaired) electrons. The summed E-state index contributed by atoms with van der Waals surface area (Å²) in [6.07, 6.45) is 2.58. The number of nitrogens with zero attached hydrogens (tertiary/aromatic N) is 8. The summed E-state index contributed by atoms with van der Waals surface area (Å²) in [5, 5.41) is 39.7. The van der Waals surface area contributed by atoms with Crippen LogP contribution in [0.4, 0.5) is 0 Å². The third-order valence-corrected chi connectivity index (χ3v) is 20.6. The van der Waals surface area contributed by atoms with Gasteiger partial charge in [0.1, 0.15) is 74.0 Å². The van der Waals surface area contributed by atoms with Gasteiger partial charge in [0.05, 0.1) is 11.4 Å². The lowest BCUT2D eigenvalue weighted by Gasteiger charge is -2.30. The first-order valence-corrected chi connectivity index (χ1v) is 35.1. The Hall–Kier alpha value is -13.5. The maximum Gasteiger partial charge on any atom is 0.334 e. The van der Waals surface area contributed by atoms with Gasteiger partial charge in [0, 0.05) is 13.1 Å². The number of nitriles is 4. The number of amides is 2. The fourth-order valence-electron chi connectivity index (χ4n) is 13.2. The first kappa shape index (κ1) is 71.9. The summed E-state index contributed by atoms with van der Waals surface area (Å²) in [6, 6.07) is 63.8. The number of hydrogen-bond acceptors (Lipinski definition) is 22. The number of hydrogen-bond donors (Lipinski definition) is 0. The number of fused-ring (bicyclic) bond motifs is 5. The molecule has 0 saturated carbocycles. The SMILES string of the molecule is CCN1C(=O)/C(=N/C2=Cc3cc4c(cc3C2(C(=O)OCc2ccccc2)C(=O)OCc2ccccc2)-c2cc3c(cc2C4(C(=O)OCc2ccccc2)C(=O)OCc2ccccc2)C=C(/N=C2\SC(=C(C#N)C#N)N(CC)C2=O)C3(C(=O)OCc2ccccc2)C(=O)OCc2ccccc2)SC1=C(C#N)C#N. The van der Waals surface area contributed by atoms with Crippen molar-refractivity contribution < 1.29 is 66.8 Å². The molecule has 8 aromatic carbocycles. The molecule has 0 aromatic heterocycles. The zero-order valence-corrected chi connectivity index (χ0v) is 58.7. The molecule has 22 nitrogen and oxygen atoms in total. The van der Waals surface area contributed by atoms with E-state index in [2.05, 4.69) is 0 Å². The van der Waals surface area contributed by atoms with Gasteiger partial charge < -0.3 is 28.4 Å². The molecular formula is C83H58N8O14S2. The average molecular weight is 1460 g/mol. The van der Waals surface area contributed by atoms with Crippen LogP contribution in [0.25, 0.3) is 23.3 Å². The summed E-state index contributed by atoms with van der Waals surface area (Å²) in [7, 11) is 0. The number of carbonyl (C=O) groups is 8. The van der Waals surface area contributed by atoms with Gasteiger partial charge in [-0.1, -0.05) is 182 Å². The number of carbonyl (C=O) groups excluding carboxylic acids is 8. The van der Waals surface area contributed by atoms with Gasteiger partial charge in [0.15, 0.2) is 21.2 Å². The molecule has 13 rings (SSSR count). The van der Waals surface area contributed by atoms with E-state index < -0.39 is 136 Å². The molecule has 2 amide bonds. The van der Waals surface area contributed by atoms with Gasteiger partial charge in [0.25, 0.3) is 11.8 Å². The highest BCUT2D eigenvalue weighted by Gasteiger charge is 2.65. The molecule has 2 heterocycles.